The molecule has 0 aliphatic heterocycles. The lowest BCUT2D eigenvalue weighted by Crippen LogP contribution is -2.28. The van der Waals surface area contributed by atoms with Gasteiger partial charge in [0.05, 0.1) is 29.1 Å². The molecule has 2 heterocycles. The predicted molar refractivity (Wildman–Crippen MR) is 139 cm³/mol. The van der Waals surface area contributed by atoms with Gasteiger partial charge in [-0.15, -0.1) is 0 Å². The highest BCUT2D eigenvalue weighted by Gasteiger charge is 2.17. The van der Waals surface area contributed by atoms with Crippen LogP contribution in [0, 0.1) is 17.1 Å². The van der Waals surface area contributed by atoms with E-state index in [9.17, 15) is 19.2 Å². The Hall–Kier alpha value is -5.37. The number of halogens is 1. The Morgan fingerprint density at radius 3 is 2.45 bits per heavy atom. The smallest absolute Gasteiger partial charge is 0.271 e. The molecule has 0 saturated heterocycles. The van der Waals surface area contributed by atoms with Crippen LogP contribution in [0.15, 0.2) is 67.0 Å². The van der Waals surface area contributed by atoms with Gasteiger partial charge in [0, 0.05) is 18.3 Å². The van der Waals surface area contributed by atoms with Gasteiger partial charge >= 0.3 is 0 Å². The molecule has 38 heavy (non-hydrogen) atoms. The summed E-state index contributed by atoms with van der Waals surface area (Å²) in [5.74, 6) is -1.30. The van der Waals surface area contributed by atoms with Crippen LogP contribution in [0.4, 0.5) is 16.0 Å². The minimum atomic E-state index is -0.764. The Labute approximate surface area is 217 Å². The maximum absolute atomic E-state index is 13.2. The van der Waals surface area contributed by atoms with Crippen molar-refractivity contribution >= 4 is 23.5 Å². The molecule has 0 aliphatic carbocycles. The topological polar surface area (TPSA) is 173 Å². The van der Waals surface area contributed by atoms with E-state index < -0.39 is 17.9 Å². The first-order valence-electron chi connectivity index (χ1n) is 11.5. The Morgan fingerprint density at radius 2 is 1.79 bits per heavy atom. The van der Waals surface area contributed by atoms with Crippen molar-refractivity contribution in [2.75, 3.05) is 11.1 Å². The summed E-state index contributed by atoms with van der Waals surface area (Å²) >= 11 is 0. The molecule has 0 saturated carbocycles. The number of rotatable bonds is 8. The zero-order chi connectivity index (χ0) is 27.2. The number of pyridine rings is 1. The van der Waals surface area contributed by atoms with E-state index in [2.05, 4.69) is 25.6 Å². The van der Waals surface area contributed by atoms with Crippen LogP contribution < -0.4 is 22.1 Å². The largest absolute Gasteiger partial charge is 0.382 e. The normalized spacial score (nSPS) is 11.3. The number of nitrogen functional groups attached to an aromatic ring is 1. The summed E-state index contributed by atoms with van der Waals surface area (Å²) in [6, 6.07) is 16.2. The summed E-state index contributed by atoms with van der Waals surface area (Å²) in [5.41, 5.74) is 14.0. The Morgan fingerprint density at radius 1 is 1.08 bits per heavy atom. The second-order valence-electron chi connectivity index (χ2n) is 8.38. The lowest BCUT2D eigenvalue weighted by Gasteiger charge is -2.16. The minimum absolute atomic E-state index is 0.0381. The molecule has 0 bridgehead atoms. The summed E-state index contributed by atoms with van der Waals surface area (Å²) < 4.78 is 13.2. The molecule has 4 rings (SSSR count). The number of benzene rings is 2. The van der Waals surface area contributed by atoms with Crippen molar-refractivity contribution in [1.82, 2.24) is 20.3 Å². The van der Waals surface area contributed by atoms with E-state index in [1.54, 1.807) is 31.2 Å². The Balaban J connectivity index is 1.49. The van der Waals surface area contributed by atoms with Gasteiger partial charge in [-0.25, -0.2) is 19.3 Å². The highest BCUT2D eigenvalue weighted by atomic mass is 19.1. The summed E-state index contributed by atoms with van der Waals surface area (Å²) in [4.78, 5) is 37.0. The van der Waals surface area contributed by atoms with E-state index in [0.717, 1.165) is 11.1 Å². The van der Waals surface area contributed by atoms with Gasteiger partial charge in [-0.1, -0.05) is 36.4 Å². The zero-order valence-corrected chi connectivity index (χ0v) is 20.3. The first kappa shape index (κ1) is 25.7. The average molecular weight is 511 g/mol. The number of amides is 2. The van der Waals surface area contributed by atoms with Crippen molar-refractivity contribution in [2.24, 2.45) is 5.73 Å². The molecule has 11 heteroatoms. The number of hydrogen-bond donors (Lipinski definition) is 4. The number of nitriles is 1. The van der Waals surface area contributed by atoms with Crippen LogP contribution in [-0.2, 0) is 6.54 Å². The summed E-state index contributed by atoms with van der Waals surface area (Å²) in [7, 11) is 0. The number of aromatic nitrogens is 3. The molecule has 190 valence electrons. The fourth-order valence-electron chi connectivity index (χ4n) is 3.65. The van der Waals surface area contributed by atoms with Gasteiger partial charge in [-0.3, -0.25) is 9.59 Å². The standard InChI is InChI=1S/C27H23FN8O2/c1-15(18-6-8-20(28)9-7-18)35-27(38)21-10-17(11-29)13-34-26(21)33-12-16-2-4-19(5-3-16)22-14-32-24(30)23(36-22)25(31)37/h2-10,13-15H,12H2,1H3,(H2,30,32)(H2,31,37)(H,33,34)(H,35,38). The van der Waals surface area contributed by atoms with E-state index in [1.807, 2.05) is 18.2 Å². The molecule has 1 atom stereocenters. The van der Waals surface area contributed by atoms with E-state index in [0.29, 0.717) is 23.6 Å². The lowest BCUT2D eigenvalue weighted by atomic mass is 10.1. The fourth-order valence-corrected chi connectivity index (χ4v) is 3.65. The molecule has 2 aromatic carbocycles. The second-order valence-corrected chi connectivity index (χ2v) is 8.38. The second kappa shape index (κ2) is 11.1. The first-order chi connectivity index (χ1) is 18.2. The minimum Gasteiger partial charge on any atom is -0.382 e. The maximum atomic E-state index is 13.2. The molecule has 0 spiro atoms. The number of nitrogens with two attached hydrogens (primary N) is 2. The van der Waals surface area contributed by atoms with Crippen molar-refractivity contribution in [1.29, 1.82) is 5.26 Å². The molecule has 1 unspecified atom stereocenters. The SMILES string of the molecule is CC(NC(=O)c1cc(C#N)cnc1NCc1ccc(-c2cnc(N)c(C(N)=O)n2)cc1)c1ccc(F)cc1. The van der Waals surface area contributed by atoms with Crippen LogP contribution in [0.3, 0.4) is 0 Å². The van der Waals surface area contributed by atoms with Crippen molar-refractivity contribution in [3.63, 3.8) is 0 Å². The van der Waals surface area contributed by atoms with Gasteiger partial charge in [0.2, 0.25) is 0 Å². The summed E-state index contributed by atoms with van der Waals surface area (Å²) in [6.07, 6.45) is 2.83. The van der Waals surface area contributed by atoms with Crippen LogP contribution in [0.1, 0.15) is 50.5 Å². The van der Waals surface area contributed by atoms with Crippen LogP contribution in [0.25, 0.3) is 11.3 Å². The molecule has 4 aromatic rings. The van der Waals surface area contributed by atoms with Gasteiger partial charge in [-0.05, 0) is 36.2 Å². The highest BCUT2D eigenvalue weighted by molar-refractivity contribution is 5.99. The lowest BCUT2D eigenvalue weighted by molar-refractivity contribution is 0.0939. The molecule has 0 radical (unpaired) electrons. The predicted octanol–water partition coefficient (Wildman–Crippen LogP) is 3.33. The molecule has 2 amide bonds. The molecule has 0 aliphatic rings. The Bertz CT molecular complexity index is 1530. The van der Waals surface area contributed by atoms with Crippen LogP contribution >= 0.6 is 0 Å². The van der Waals surface area contributed by atoms with Crippen LogP contribution in [-0.4, -0.2) is 26.8 Å². The van der Waals surface area contributed by atoms with Gasteiger partial charge in [-0.2, -0.15) is 5.26 Å². The third kappa shape index (κ3) is 5.88. The third-order valence-corrected chi connectivity index (χ3v) is 5.72. The number of primary amides is 1. The van der Waals surface area contributed by atoms with E-state index in [4.69, 9.17) is 11.5 Å². The zero-order valence-electron chi connectivity index (χ0n) is 20.3. The van der Waals surface area contributed by atoms with Gasteiger partial charge in [0.15, 0.2) is 11.5 Å². The van der Waals surface area contributed by atoms with Crippen molar-refractivity contribution in [3.8, 4) is 17.3 Å². The fraction of sp³-hybridized carbons (Fsp3) is 0.111. The van der Waals surface area contributed by atoms with Crippen LogP contribution in [0.2, 0.25) is 0 Å². The van der Waals surface area contributed by atoms with Crippen LogP contribution in [0.5, 0.6) is 0 Å². The molecular formula is C27H23FN8O2. The molecule has 2 aromatic heterocycles. The quantitative estimate of drug-likeness (QED) is 0.279. The monoisotopic (exact) mass is 510 g/mol. The molecular weight excluding hydrogens is 487 g/mol. The third-order valence-electron chi connectivity index (χ3n) is 5.72. The van der Waals surface area contributed by atoms with E-state index in [-0.39, 0.29) is 28.5 Å². The summed E-state index contributed by atoms with van der Waals surface area (Å²) in [5, 5.41) is 15.3. The highest BCUT2D eigenvalue weighted by Crippen LogP contribution is 2.21. The number of carbonyl (C=O) groups is 2. The number of carbonyl (C=O) groups excluding carboxylic acids is 2. The van der Waals surface area contributed by atoms with E-state index in [1.165, 1.54) is 30.6 Å². The summed E-state index contributed by atoms with van der Waals surface area (Å²) in [6.45, 7) is 2.10. The van der Waals surface area contributed by atoms with Crippen molar-refractivity contribution < 1.29 is 14.0 Å². The van der Waals surface area contributed by atoms with Crippen molar-refractivity contribution in [2.45, 2.75) is 19.5 Å². The number of nitrogens with zero attached hydrogens (tertiary/aromatic N) is 4. The number of nitrogens with one attached hydrogen (secondary N) is 2. The van der Waals surface area contributed by atoms with Gasteiger partial charge < -0.3 is 22.1 Å². The first-order valence-corrected chi connectivity index (χ1v) is 11.5. The molecule has 0 fully saturated rings. The number of anilines is 2. The number of hydrogen-bond acceptors (Lipinski definition) is 8. The van der Waals surface area contributed by atoms with Gasteiger partial charge in [0.1, 0.15) is 17.7 Å². The molecule has 10 nitrogen and oxygen atoms in total. The van der Waals surface area contributed by atoms with E-state index >= 15 is 0 Å². The Kier molecular flexibility index (Phi) is 7.53. The molecule has 6 N–H and O–H groups in total. The maximum Gasteiger partial charge on any atom is 0.271 e. The van der Waals surface area contributed by atoms with Crippen molar-refractivity contribution in [3.05, 3.63) is 101 Å². The average Bonchev–Trinajstić information content (AvgIpc) is 2.92. The van der Waals surface area contributed by atoms with Gasteiger partial charge in [0.25, 0.3) is 11.8 Å².